The smallest absolute Gasteiger partial charge is 0.329 e. The minimum absolute atomic E-state index is 0.112. The van der Waals surface area contributed by atoms with E-state index in [1.54, 1.807) is 12.1 Å². The fourth-order valence-electron chi connectivity index (χ4n) is 3.60. The van der Waals surface area contributed by atoms with Crippen LogP contribution in [0.4, 0.5) is 5.69 Å². The second-order valence-electron chi connectivity index (χ2n) is 6.72. The topological polar surface area (TPSA) is 106 Å². The van der Waals surface area contributed by atoms with Gasteiger partial charge in [-0.3, -0.25) is 19.3 Å². The number of likely N-dealkylation sites (tertiary alicyclic amines) is 1. The Morgan fingerprint density at radius 2 is 1.93 bits per heavy atom. The molecule has 1 N–H and O–H groups in total. The zero-order valence-electron chi connectivity index (χ0n) is 14.8. The molecule has 0 unspecified atom stereocenters. The number of nitrogens with one attached hydrogen (secondary N) is 1. The lowest BCUT2D eigenvalue weighted by Crippen LogP contribution is -2.45. The molecule has 144 valence electrons. The summed E-state index contributed by atoms with van der Waals surface area (Å²) in [6.07, 6.45) is 4.62. The second-order valence-corrected chi connectivity index (χ2v) is 7.08. The predicted octanol–water partition coefficient (Wildman–Crippen LogP) is 1.78. The van der Waals surface area contributed by atoms with Crippen LogP contribution in [0.3, 0.4) is 0 Å². The van der Waals surface area contributed by atoms with Crippen molar-refractivity contribution in [2.75, 3.05) is 11.9 Å². The first-order valence-corrected chi connectivity index (χ1v) is 9.22. The maximum atomic E-state index is 12.5. The van der Waals surface area contributed by atoms with E-state index < -0.39 is 24.5 Å². The van der Waals surface area contributed by atoms with Crippen LogP contribution in [-0.2, 0) is 23.9 Å². The van der Waals surface area contributed by atoms with E-state index in [1.165, 1.54) is 13.1 Å². The number of rotatable bonds is 5. The SMILES string of the molecule is C[C@@H](C(=O)OCC(=O)Nc1cccnc1Cl)N1C(=O)[C@@H]2CCCC[C@H]2C1=O. The number of imide groups is 1. The second kappa shape index (κ2) is 8.04. The summed E-state index contributed by atoms with van der Waals surface area (Å²) in [7, 11) is 0. The molecular formula is C18H20ClN3O5. The zero-order chi connectivity index (χ0) is 19.6. The number of hydrogen-bond donors (Lipinski definition) is 1. The third kappa shape index (κ3) is 3.95. The minimum atomic E-state index is -1.06. The lowest BCUT2D eigenvalue weighted by molar-refractivity contribution is -0.159. The molecule has 1 saturated heterocycles. The molecule has 0 bridgehead atoms. The number of nitrogens with zero attached hydrogens (tertiary/aromatic N) is 2. The summed E-state index contributed by atoms with van der Waals surface area (Å²) in [6, 6.07) is 2.09. The molecule has 2 fully saturated rings. The van der Waals surface area contributed by atoms with Gasteiger partial charge in [0, 0.05) is 6.20 Å². The van der Waals surface area contributed by atoms with E-state index in [0.29, 0.717) is 18.5 Å². The van der Waals surface area contributed by atoms with E-state index in [4.69, 9.17) is 16.3 Å². The van der Waals surface area contributed by atoms with Gasteiger partial charge in [-0.25, -0.2) is 9.78 Å². The van der Waals surface area contributed by atoms with Crippen LogP contribution in [0.25, 0.3) is 0 Å². The van der Waals surface area contributed by atoms with Gasteiger partial charge in [0.25, 0.3) is 5.91 Å². The fraction of sp³-hybridized carbons (Fsp3) is 0.500. The summed E-state index contributed by atoms with van der Waals surface area (Å²) < 4.78 is 4.98. The van der Waals surface area contributed by atoms with Gasteiger partial charge in [0.2, 0.25) is 11.8 Å². The molecule has 2 aliphatic rings. The molecular weight excluding hydrogens is 374 g/mol. The normalized spacial score (nSPS) is 23.0. The van der Waals surface area contributed by atoms with Crippen molar-refractivity contribution in [3.63, 3.8) is 0 Å². The molecule has 9 heteroatoms. The van der Waals surface area contributed by atoms with Crippen LogP contribution in [0.1, 0.15) is 32.6 Å². The fourth-order valence-corrected chi connectivity index (χ4v) is 3.76. The average molecular weight is 394 g/mol. The van der Waals surface area contributed by atoms with E-state index >= 15 is 0 Å². The third-order valence-electron chi connectivity index (χ3n) is 4.98. The van der Waals surface area contributed by atoms with E-state index in [2.05, 4.69) is 10.3 Å². The van der Waals surface area contributed by atoms with Crippen molar-refractivity contribution in [3.8, 4) is 0 Å². The Balaban J connectivity index is 1.56. The molecule has 1 aliphatic heterocycles. The first-order valence-electron chi connectivity index (χ1n) is 8.84. The van der Waals surface area contributed by atoms with Gasteiger partial charge in [0.15, 0.2) is 11.8 Å². The molecule has 0 radical (unpaired) electrons. The largest absolute Gasteiger partial charge is 0.454 e. The molecule has 0 spiro atoms. The number of fused-ring (bicyclic) bond motifs is 1. The summed E-state index contributed by atoms with van der Waals surface area (Å²) in [5.74, 6) is -2.71. The first-order chi connectivity index (χ1) is 12.9. The highest BCUT2D eigenvalue weighted by Crippen LogP contribution is 2.38. The van der Waals surface area contributed by atoms with Crippen LogP contribution in [0, 0.1) is 11.8 Å². The maximum absolute atomic E-state index is 12.5. The summed E-state index contributed by atoms with van der Waals surface area (Å²) >= 11 is 5.84. The molecule has 3 amide bonds. The van der Waals surface area contributed by atoms with Crippen LogP contribution in [0.2, 0.25) is 5.15 Å². The van der Waals surface area contributed by atoms with Gasteiger partial charge >= 0.3 is 5.97 Å². The van der Waals surface area contributed by atoms with Crippen molar-refractivity contribution in [2.24, 2.45) is 11.8 Å². The molecule has 1 saturated carbocycles. The molecule has 3 rings (SSSR count). The van der Waals surface area contributed by atoms with Crippen LogP contribution in [-0.4, -0.2) is 46.2 Å². The van der Waals surface area contributed by atoms with Gasteiger partial charge in [-0.1, -0.05) is 24.4 Å². The average Bonchev–Trinajstić information content (AvgIpc) is 2.92. The van der Waals surface area contributed by atoms with E-state index in [9.17, 15) is 19.2 Å². The Bertz CT molecular complexity index is 760. The van der Waals surface area contributed by atoms with Crippen molar-refractivity contribution in [3.05, 3.63) is 23.5 Å². The molecule has 2 heterocycles. The van der Waals surface area contributed by atoms with Gasteiger partial charge in [-0.05, 0) is 31.9 Å². The summed E-state index contributed by atoms with van der Waals surface area (Å²) in [5.41, 5.74) is 0.294. The number of esters is 1. The monoisotopic (exact) mass is 393 g/mol. The number of aromatic nitrogens is 1. The highest BCUT2D eigenvalue weighted by Gasteiger charge is 2.51. The van der Waals surface area contributed by atoms with Crippen molar-refractivity contribution in [1.29, 1.82) is 0 Å². The standard InChI is InChI=1S/C18H20ClN3O5/c1-10(22-16(24)11-5-2-3-6-12(11)17(22)25)18(26)27-9-14(23)21-13-7-4-8-20-15(13)19/h4,7-8,10-12H,2-3,5-6,9H2,1H3,(H,21,23)/t10-,11+,12+/m0/s1. The summed E-state index contributed by atoms with van der Waals surface area (Å²) in [4.78, 5) is 54.0. The Kier molecular flexibility index (Phi) is 5.74. The van der Waals surface area contributed by atoms with Gasteiger partial charge in [-0.15, -0.1) is 0 Å². The number of halogens is 1. The third-order valence-corrected chi connectivity index (χ3v) is 5.28. The molecule has 8 nitrogen and oxygen atoms in total. The Hall–Kier alpha value is -2.48. The highest BCUT2D eigenvalue weighted by molar-refractivity contribution is 6.32. The van der Waals surface area contributed by atoms with Crippen molar-refractivity contribution in [2.45, 2.75) is 38.6 Å². The molecule has 1 aromatic heterocycles. The number of hydrogen-bond acceptors (Lipinski definition) is 6. The van der Waals surface area contributed by atoms with Gasteiger partial charge in [0.05, 0.1) is 17.5 Å². The number of pyridine rings is 1. The van der Waals surface area contributed by atoms with Gasteiger partial charge in [-0.2, -0.15) is 0 Å². The molecule has 0 aromatic carbocycles. The number of amides is 3. The first kappa shape index (κ1) is 19.3. The molecule has 27 heavy (non-hydrogen) atoms. The minimum Gasteiger partial charge on any atom is -0.454 e. The van der Waals surface area contributed by atoms with E-state index in [-0.39, 0.29) is 28.8 Å². The van der Waals surface area contributed by atoms with Crippen molar-refractivity contribution in [1.82, 2.24) is 9.88 Å². The molecule has 1 aliphatic carbocycles. The van der Waals surface area contributed by atoms with Crippen molar-refractivity contribution >= 4 is 41.0 Å². The van der Waals surface area contributed by atoms with E-state index in [1.807, 2.05) is 0 Å². The predicted molar refractivity (Wildman–Crippen MR) is 95.6 cm³/mol. The number of ether oxygens (including phenoxy) is 1. The molecule has 1 aromatic rings. The van der Waals surface area contributed by atoms with Gasteiger partial charge < -0.3 is 10.1 Å². The zero-order valence-corrected chi connectivity index (χ0v) is 15.6. The van der Waals surface area contributed by atoms with Crippen LogP contribution in [0.15, 0.2) is 18.3 Å². The Labute approximate surface area is 161 Å². The Morgan fingerprint density at radius 3 is 2.52 bits per heavy atom. The lowest BCUT2D eigenvalue weighted by Gasteiger charge is -2.21. The van der Waals surface area contributed by atoms with Crippen LogP contribution < -0.4 is 5.32 Å². The van der Waals surface area contributed by atoms with E-state index in [0.717, 1.165) is 17.7 Å². The summed E-state index contributed by atoms with van der Waals surface area (Å²) in [6.45, 7) is 0.878. The molecule has 3 atom stereocenters. The number of carbonyl (C=O) groups is 4. The Morgan fingerprint density at radius 1 is 1.30 bits per heavy atom. The highest BCUT2D eigenvalue weighted by atomic mass is 35.5. The maximum Gasteiger partial charge on any atom is 0.329 e. The van der Waals surface area contributed by atoms with Crippen molar-refractivity contribution < 1.29 is 23.9 Å². The van der Waals surface area contributed by atoms with Crippen LogP contribution in [0.5, 0.6) is 0 Å². The number of anilines is 1. The summed E-state index contributed by atoms with van der Waals surface area (Å²) in [5, 5.41) is 2.59. The lowest BCUT2D eigenvalue weighted by atomic mass is 9.81. The van der Waals surface area contributed by atoms with Gasteiger partial charge in [0.1, 0.15) is 6.04 Å². The van der Waals surface area contributed by atoms with Crippen LogP contribution >= 0.6 is 11.6 Å². The number of carbonyl (C=O) groups excluding carboxylic acids is 4. The quantitative estimate of drug-likeness (QED) is 0.464.